The third-order valence-corrected chi connectivity index (χ3v) is 5.47. The normalized spacial score (nSPS) is 12.8. The minimum absolute atomic E-state index is 0.638. The van der Waals surface area contributed by atoms with E-state index in [0.29, 0.717) is 9.36 Å². The Kier molecular flexibility index (Phi) is 4.16. The van der Waals surface area contributed by atoms with Crippen molar-refractivity contribution in [1.29, 1.82) is 0 Å². The molecule has 1 unspecified atom stereocenters. The first-order valence-corrected chi connectivity index (χ1v) is 7.25. The molecule has 1 heterocycles. The number of hydrogen-bond acceptors (Lipinski definition) is 2. The molecule has 1 N–H and O–H groups in total. The molecule has 0 fully saturated rings. The van der Waals surface area contributed by atoms with Gasteiger partial charge in [0.15, 0.2) is 0 Å². The summed E-state index contributed by atoms with van der Waals surface area (Å²) in [6, 6.07) is 7.34. The molecule has 1 aromatic carbocycles. The van der Waals surface area contributed by atoms with Crippen LogP contribution in [0, 0.1) is 6.92 Å². The van der Waals surface area contributed by atoms with E-state index in [0.717, 1.165) is 20.5 Å². The lowest BCUT2D eigenvalue weighted by atomic mass is 10.0. The van der Waals surface area contributed by atoms with Crippen molar-refractivity contribution in [2.75, 3.05) is 0 Å². The van der Waals surface area contributed by atoms with E-state index in [-0.39, 0.29) is 0 Å². The first-order valence-electron chi connectivity index (χ1n) is 4.88. The third-order valence-electron chi connectivity index (χ3n) is 2.54. The zero-order valence-corrected chi connectivity index (χ0v) is 12.8. The molecular weight excluding hydrogens is 343 g/mol. The number of rotatable bonds is 2. The van der Waals surface area contributed by atoms with Gasteiger partial charge >= 0.3 is 0 Å². The molecule has 0 bridgehead atoms. The molecule has 0 saturated carbocycles. The minimum Gasteiger partial charge on any atom is -0.383 e. The number of hydrogen-bond donors (Lipinski definition) is 1. The fourth-order valence-corrected chi connectivity index (χ4v) is 3.50. The first kappa shape index (κ1) is 13.4. The molecule has 1 nitrogen and oxygen atoms in total. The third kappa shape index (κ3) is 2.69. The lowest BCUT2D eigenvalue weighted by Crippen LogP contribution is -2.00. The zero-order valence-electron chi connectivity index (χ0n) is 8.88. The maximum absolute atomic E-state index is 10.3. The van der Waals surface area contributed by atoms with Crippen molar-refractivity contribution >= 4 is 50.5 Å². The summed E-state index contributed by atoms with van der Waals surface area (Å²) in [6.07, 6.45) is -0.692. The molecule has 90 valence electrons. The SMILES string of the molecule is Cc1c(Cl)cccc1C(O)c1cc(Br)c(Cl)s1. The van der Waals surface area contributed by atoms with Gasteiger partial charge in [0.25, 0.3) is 0 Å². The van der Waals surface area contributed by atoms with Crippen LogP contribution in [0.2, 0.25) is 9.36 Å². The van der Waals surface area contributed by atoms with Crippen molar-refractivity contribution < 1.29 is 5.11 Å². The topological polar surface area (TPSA) is 20.2 Å². The van der Waals surface area contributed by atoms with Crippen LogP contribution in [0.15, 0.2) is 28.7 Å². The molecule has 2 rings (SSSR count). The summed E-state index contributed by atoms with van der Waals surface area (Å²) < 4.78 is 1.44. The molecule has 0 aliphatic carbocycles. The molecule has 0 radical (unpaired) electrons. The van der Waals surface area contributed by atoms with E-state index < -0.39 is 6.10 Å². The second kappa shape index (κ2) is 5.29. The Balaban J connectivity index is 2.43. The number of thiophene rings is 1. The number of aliphatic hydroxyl groups excluding tert-OH is 1. The average molecular weight is 352 g/mol. The number of aliphatic hydroxyl groups is 1. The maximum atomic E-state index is 10.3. The van der Waals surface area contributed by atoms with E-state index in [4.69, 9.17) is 23.2 Å². The van der Waals surface area contributed by atoms with Crippen LogP contribution < -0.4 is 0 Å². The average Bonchev–Trinajstić information content (AvgIpc) is 2.62. The van der Waals surface area contributed by atoms with Crippen LogP contribution in [-0.2, 0) is 0 Å². The van der Waals surface area contributed by atoms with E-state index >= 15 is 0 Å². The van der Waals surface area contributed by atoms with E-state index in [2.05, 4.69) is 15.9 Å². The zero-order chi connectivity index (χ0) is 12.6. The van der Waals surface area contributed by atoms with Gasteiger partial charge in [-0.2, -0.15) is 0 Å². The van der Waals surface area contributed by atoms with Gasteiger partial charge in [0.1, 0.15) is 10.4 Å². The quantitative estimate of drug-likeness (QED) is 0.787. The molecule has 1 atom stereocenters. The van der Waals surface area contributed by atoms with Crippen molar-refractivity contribution in [3.05, 3.63) is 54.1 Å². The summed E-state index contributed by atoms with van der Waals surface area (Å²) >= 11 is 16.7. The molecule has 5 heteroatoms. The van der Waals surface area contributed by atoms with Gasteiger partial charge in [0, 0.05) is 14.4 Å². The molecule has 0 spiro atoms. The Morgan fingerprint density at radius 2 is 2.06 bits per heavy atom. The van der Waals surface area contributed by atoms with Gasteiger partial charge in [-0.15, -0.1) is 11.3 Å². The van der Waals surface area contributed by atoms with Gasteiger partial charge < -0.3 is 5.11 Å². The Morgan fingerprint density at radius 1 is 1.35 bits per heavy atom. The lowest BCUT2D eigenvalue weighted by Gasteiger charge is -2.12. The van der Waals surface area contributed by atoms with Gasteiger partial charge in [0.05, 0.1) is 0 Å². The molecule has 1 aromatic heterocycles. The van der Waals surface area contributed by atoms with E-state index in [1.165, 1.54) is 11.3 Å². The summed E-state index contributed by atoms with van der Waals surface area (Å²) in [5.41, 5.74) is 1.70. The van der Waals surface area contributed by atoms with Gasteiger partial charge in [-0.25, -0.2) is 0 Å². The van der Waals surface area contributed by atoms with Crippen molar-refractivity contribution in [2.24, 2.45) is 0 Å². The van der Waals surface area contributed by atoms with Crippen molar-refractivity contribution in [3.63, 3.8) is 0 Å². The Morgan fingerprint density at radius 3 is 2.65 bits per heavy atom. The van der Waals surface area contributed by atoms with Crippen LogP contribution >= 0.6 is 50.5 Å². The summed E-state index contributed by atoms with van der Waals surface area (Å²) in [6.45, 7) is 1.89. The van der Waals surface area contributed by atoms with Gasteiger partial charge in [-0.05, 0) is 46.1 Å². The fourth-order valence-electron chi connectivity index (χ4n) is 1.57. The van der Waals surface area contributed by atoms with Gasteiger partial charge in [-0.3, -0.25) is 0 Å². The predicted octanol–water partition coefficient (Wildman–Crippen LogP) is 5.21. The van der Waals surface area contributed by atoms with E-state index in [9.17, 15) is 5.11 Å². The van der Waals surface area contributed by atoms with Gasteiger partial charge in [0.2, 0.25) is 0 Å². The van der Waals surface area contributed by atoms with E-state index in [1.54, 1.807) is 0 Å². The van der Waals surface area contributed by atoms with Crippen LogP contribution in [0.4, 0.5) is 0 Å². The smallest absolute Gasteiger partial charge is 0.114 e. The summed E-state index contributed by atoms with van der Waals surface area (Å²) in [5, 5.41) is 11.0. The molecule has 2 aromatic rings. The molecule has 0 aliphatic rings. The highest BCUT2D eigenvalue weighted by molar-refractivity contribution is 9.10. The maximum Gasteiger partial charge on any atom is 0.114 e. The van der Waals surface area contributed by atoms with Gasteiger partial charge in [-0.1, -0.05) is 35.3 Å². The number of halogens is 3. The van der Waals surface area contributed by atoms with Crippen molar-refractivity contribution in [3.8, 4) is 0 Å². The fraction of sp³-hybridized carbons (Fsp3) is 0.167. The van der Waals surface area contributed by atoms with Crippen LogP contribution in [0.1, 0.15) is 22.1 Å². The molecule has 0 aliphatic heterocycles. The highest BCUT2D eigenvalue weighted by Gasteiger charge is 2.17. The second-order valence-electron chi connectivity index (χ2n) is 3.63. The highest BCUT2D eigenvalue weighted by Crippen LogP contribution is 2.38. The summed E-state index contributed by atoms with van der Waals surface area (Å²) in [4.78, 5) is 0.798. The first-order chi connectivity index (χ1) is 8.00. The van der Waals surface area contributed by atoms with Crippen LogP contribution in [0.25, 0.3) is 0 Å². The Bertz CT molecular complexity index is 534. The standard InChI is InChI=1S/C12H9BrCl2OS/c1-6-7(3-2-4-9(6)14)11(16)10-5-8(13)12(15)17-10/h2-5,11,16H,1H3. The lowest BCUT2D eigenvalue weighted by molar-refractivity contribution is 0.223. The molecular formula is C12H9BrCl2OS. The van der Waals surface area contributed by atoms with Crippen LogP contribution in [0.5, 0.6) is 0 Å². The molecule has 17 heavy (non-hydrogen) atoms. The summed E-state index contributed by atoms with van der Waals surface area (Å²) in [5.74, 6) is 0. The van der Waals surface area contributed by atoms with Crippen molar-refractivity contribution in [1.82, 2.24) is 0 Å². The van der Waals surface area contributed by atoms with E-state index in [1.807, 2.05) is 31.2 Å². The number of benzene rings is 1. The molecule has 0 amide bonds. The largest absolute Gasteiger partial charge is 0.383 e. The Labute approximate surface area is 122 Å². The van der Waals surface area contributed by atoms with Crippen molar-refractivity contribution in [2.45, 2.75) is 13.0 Å². The van der Waals surface area contributed by atoms with Crippen LogP contribution in [0.3, 0.4) is 0 Å². The second-order valence-corrected chi connectivity index (χ2v) is 6.57. The molecule has 0 saturated heterocycles. The monoisotopic (exact) mass is 350 g/mol. The predicted molar refractivity (Wildman–Crippen MR) is 77.3 cm³/mol. The van der Waals surface area contributed by atoms with Crippen LogP contribution in [-0.4, -0.2) is 5.11 Å². The summed E-state index contributed by atoms with van der Waals surface area (Å²) in [7, 11) is 0. The Hall–Kier alpha value is -0.0600. The minimum atomic E-state index is -0.692. The highest BCUT2D eigenvalue weighted by atomic mass is 79.9.